The van der Waals surface area contributed by atoms with Crippen molar-refractivity contribution in [3.63, 3.8) is 0 Å². The van der Waals surface area contributed by atoms with Gasteiger partial charge in [0.1, 0.15) is 0 Å². The highest BCUT2D eigenvalue weighted by molar-refractivity contribution is 6.20. The van der Waals surface area contributed by atoms with Gasteiger partial charge in [-0.25, -0.2) is 0 Å². The number of amides is 3. The first-order valence-corrected chi connectivity index (χ1v) is 6.81. The highest BCUT2D eigenvalue weighted by Crippen LogP contribution is 2.22. The zero-order valence-corrected chi connectivity index (χ0v) is 11.9. The van der Waals surface area contributed by atoms with Crippen molar-refractivity contribution in [2.24, 2.45) is 7.05 Å². The van der Waals surface area contributed by atoms with E-state index in [1.165, 1.54) is 0 Å². The van der Waals surface area contributed by atoms with Crippen LogP contribution in [0.15, 0.2) is 36.5 Å². The molecule has 7 nitrogen and oxygen atoms in total. The number of imide groups is 1. The van der Waals surface area contributed by atoms with E-state index >= 15 is 0 Å². The third-order valence-corrected chi connectivity index (χ3v) is 3.39. The van der Waals surface area contributed by atoms with Crippen molar-refractivity contribution in [2.75, 3.05) is 10.2 Å². The molecular formula is C15H14N4O3. The number of hydrogen-bond donors (Lipinski definition) is 1. The summed E-state index contributed by atoms with van der Waals surface area (Å²) in [6.07, 6.45) is 2.20. The maximum Gasteiger partial charge on any atom is 0.256 e. The van der Waals surface area contributed by atoms with Crippen molar-refractivity contribution in [3.8, 4) is 0 Å². The molecule has 1 saturated heterocycles. The Bertz CT molecular complexity index is 732. The lowest BCUT2D eigenvalue weighted by atomic mass is 10.2. The van der Waals surface area contributed by atoms with Gasteiger partial charge in [0.05, 0.1) is 5.69 Å². The molecule has 3 rings (SSSR count). The Morgan fingerprint density at radius 2 is 1.73 bits per heavy atom. The van der Waals surface area contributed by atoms with Gasteiger partial charge < -0.3 is 5.32 Å². The highest BCUT2D eigenvalue weighted by atomic mass is 16.2. The van der Waals surface area contributed by atoms with Crippen LogP contribution in [0.3, 0.4) is 0 Å². The molecule has 0 aliphatic carbocycles. The fraction of sp³-hybridized carbons (Fsp3) is 0.200. The average Bonchev–Trinajstić information content (AvgIpc) is 3.05. The molecule has 0 unspecified atom stereocenters. The van der Waals surface area contributed by atoms with Crippen LogP contribution in [0, 0.1) is 0 Å². The van der Waals surface area contributed by atoms with Crippen molar-refractivity contribution in [1.29, 1.82) is 0 Å². The summed E-state index contributed by atoms with van der Waals surface area (Å²) in [6, 6.07) is 8.02. The summed E-state index contributed by atoms with van der Waals surface area (Å²) in [5, 5.41) is 6.73. The van der Waals surface area contributed by atoms with E-state index < -0.39 is 0 Å². The minimum Gasteiger partial charge on any atom is -0.305 e. The molecule has 1 aromatic heterocycles. The van der Waals surface area contributed by atoms with Gasteiger partial charge in [-0.3, -0.25) is 24.0 Å². The number of anilines is 2. The number of nitrogens with zero attached hydrogens (tertiary/aromatic N) is 3. The van der Waals surface area contributed by atoms with E-state index in [1.54, 1.807) is 48.3 Å². The average molecular weight is 298 g/mol. The largest absolute Gasteiger partial charge is 0.305 e. The molecule has 7 heteroatoms. The molecule has 1 aromatic carbocycles. The van der Waals surface area contributed by atoms with Crippen LogP contribution in [-0.4, -0.2) is 27.5 Å². The topological polar surface area (TPSA) is 84.3 Å². The highest BCUT2D eigenvalue weighted by Gasteiger charge is 2.30. The SMILES string of the molecule is Cn1ccc(NC(=O)c2ccc(N3C(=O)CCC3=O)cc2)n1. The van der Waals surface area contributed by atoms with Gasteiger partial charge in [0.15, 0.2) is 5.82 Å². The number of rotatable bonds is 3. The maximum absolute atomic E-state index is 12.1. The molecule has 0 saturated carbocycles. The zero-order chi connectivity index (χ0) is 15.7. The molecule has 1 aliphatic heterocycles. The summed E-state index contributed by atoms with van der Waals surface area (Å²) < 4.78 is 1.59. The molecule has 0 spiro atoms. The summed E-state index contributed by atoms with van der Waals surface area (Å²) in [4.78, 5) is 36.6. The minimum atomic E-state index is -0.302. The van der Waals surface area contributed by atoms with Crippen LogP contribution in [0.25, 0.3) is 0 Å². The van der Waals surface area contributed by atoms with Gasteiger partial charge in [-0.2, -0.15) is 5.10 Å². The molecule has 1 N–H and O–H groups in total. The van der Waals surface area contributed by atoms with Crippen molar-refractivity contribution >= 4 is 29.2 Å². The first-order chi connectivity index (χ1) is 10.5. The fourth-order valence-electron chi connectivity index (χ4n) is 2.30. The van der Waals surface area contributed by atoms with Crippen LogP contribution in [0.5, 0.6) is 0 Å². The Kier molecular flexibility index (Phi) is 3.46. The van der Waals surface area contributed by atoms with Crippen molar-refractivity contribution in [1.82, 2.24) is 9.78 Å². The maximum atomic E-state index is 12.1. The number of carbonyl (C=O) groups excluding carboxylic acids is 3. The van der Waals surface area contributed by atoms with Gasteiger partial charge >= 0.3 is 0 Å². The van der Waals surface area contributed by atoms with Crippen LogP contribution in [0.1, 0.15) is 23.2 Å². The molecule has 1 fully saturated rings. The molecule has 0 radical (unpaired) electrons. The Morgan fingerprint density at radius 3 is 2.27 bits per heavy atom. The fourth-order valence-corrected chi connectivity index (χ4v) is 2.30. The third kappa shape index (κ3) is 2.60. The minimum absolute atomic E-state index is 0.212. The second-order valence-electron chi connectivity index (χ2n) is 5.00. The van der Waals surface area contributed by atoms with Crippen LogP contribution in [0.2, 0.25) is 0 Å². The van der Waals surface area contributed by atoms with Gasteiger partial charge in [-0.15, -0.1) is 0 Å². The van der Waals surface area contributed by atoms with Crippen LogP contribution in [0.4, 0.5) is 11.5 Å². The van der Waals surface area contributed by atoms with Gasteiger partial charge in [-0.1, -0.05) is 0 Å². The lowest BCUT2D eigenvalue weighted by Gasteiger charge is -2.13. The Morgan fingerprint density at radius 1 is 1.09 bits per heavy atom. The van der Waals surface area contributed by atoms with Gasteiger partial charge in [0.2, 0.25) is 11.8 Å². The number of benzene rings is 1. The molecule has 22 heavy (non-hydrogen) atoms. The number of hydrogen-bond acceptors (Lipinski definition) is 4. The molecule has 112 valence electrons. The zero-order valence-electron chi connectivity index (χ0n) is 11.9. The van der Waals surface area contributed by atoms with Crippen LogP contribution >= 0.6 is 0 Å². The summed E-state index contributed by atoms with van der Waals surface area (Å²) >= 11 is 0. The predicted octanol–water partition coefficient (Wildman–Crippen LogP) is 1.33. The number of carbonyl (C=O) groups is 3. The smallest absolute Gasteiger partial charge is 0.256 e. The number of aromatic nitrogens is 2. The van der Waals surface area contributed by atoms with Gasteiger partial charge in [-0.05, 0) is 24.3 Å². The van der Waals surface area contributed by atoms with Crippen molar-refractivity contribution in [3.05, 3.63) is 42.1 Å². The Hall–Kier alpha value is -2.96. The van der Waals surface area contributed by atoms with E-state index in [9.17, 15) is 14.4 Å². The molecule has 3 amide bonds. The van der Waals surface area contributed by atoms with Gasteiger partial charge in [0, 0.05) is 37.7 Å². The molecule has 1 aliphatic rings. The number of nitrogens with one attached hydrogen (secondary N) is 1. The Balaban J connectivity index is 1.75. The second-order valence-corrected chi connectivity index (χ2v) is 5.00. The second kappa shape index (κ2) is 5.44. The lowest BCUT2D eigenvalue weighted by Crippen LogP contribution is -2.28. The van der Waals surface area contributed by atoms with E-state index in [2.05, 4.69) is 10.4 Å². The van der Waals surface area contributed by atoms with E-state index in [4.69, 9.17) is 0 Å². The summed E-state index contributed by atoms with van der Waals surface area (Å²) in [6.45, 7) is 0. The monoisotopic (exact) mass is 298 g/mol. The van der Waals surface area contributed by atoms with Crippen LogP contribution in [-0.2, 0) is 16.6 Å². The molecule has 0 bridgehead atoms. The Labute approximate surface area is 126 Å². The molecule has 0 atom stereocenters. The molecular weight excluding hydrogens is 284 g/mol. The van der Waals surface area contributed by atoms with Crippen molar-refractivity contribution in [2.45, 2.75) is 12.8 Å². The first-order valence-electron chi connectivity index (χ1n) is 6.81. The number of aryl methyl sites for hydroxylation is 1. The lowest BCUT2D eigenvalue weighted by molar-refractivity contribution is -0.121. The van der Waals surface area contributed by atoms with Gasteiger partial charge in [0.25, 0.3) is 5.91 Å². The predicted molar refractivity (Wildman–Crippen MR) is 79.3 cm³/mol. The molecule has 2 aromatic rings. The van der Waals surface area contributed by atoms with E-state index in [1.807, 2.05) is 0 Å². The third-order valence-electron chi connectivity index (χ3n) is 3.39. The van der Waals surface area contributed by atoms with E-state index in [-0.39, 0.29) is 30.6 Å². The molecule has 2 heterocycles. The summed E-state index contributed by atoms with van der Waals surface area (Å²) in [5.41, 5.74) is 0.912. The van der Waals surface area contributed by atoms with E-state index in [0.29, 0.717) is 17.1 Å². The summed E-state index contributed by atoms with van der Waals surface area (Å²) in [5.74, 6) is -0.267. The van der Waals surface area contributed by atoms with Crippen LogP contribution < -0.4 is 10.2 Å². The van der Waals surface area contributed by atoms with Crippen molar-refractivity contribution < 1.29 is 14.4 Å². The standard InChI is InChI=1S/C15H14N4O3/c1-18-9-8-12(17-18)16-15(22)10-2-4-11(5-3-10)19-13(20)6-7-14(19)21/h2-5,8-9H,6-7H2,1H3,(H,16,17,22). The first kappa shape index (κ1) is 14.0. The summed E-state index contributed by atoms with van der Waals surface area (Å²) in [7, 11) is 1.76. The van der Waals surface area contributed by atoms with E-state index in [0.717, 1.165) is 4.90 Å². The quantitative estimate of drug-likeness (QED) is 0.866. The normalized spacial score (nSPS) is 14.5.